The number of hydrogen-bond donors (Lipinski definition) is 1. The van der Waals surface area contributed by atoms with Crippen molar-refractivity contribution in [1.82, 2.24) is 10.1 Å². The molecule has 0 fully saturated rings. The number of rotatable bonds is 5. The van der Waals surface area contributed by atoms with Gasteiger partial charge in [-0.05, 0) is 36.4 Å². The predicted molar refractivity (Wildman–Crippen MR) is 111 cm³/mol. The van der Waals surface area contributed by atoms with Gasteiger partial charge in [-0.15, -0.1) is 0 Å². The minimum absolute atomic E-state index is 0.232. The fourth-order valence-electron chi connectivity index (χ4n) is 2.89. The quantitative estimate of drug-likeness (QED) is 0.486. The zero-order valence-corrected chi connectivity index (χ0v) is 16.2. The molecule has 3 aromatic carbocycles. The fourth-order valence-corrected chi connectivity index (χ4v) is 3.07. The zero-order valence-electron chi connectivity index (χ0n) is 15.4. The highest BCUT2D eigenvalue weighted by Crippen LogP contribution is 2.31. The molecule has 0 saturated carbocycles. The largest absolute Gasteiger partial charge is 0.496 e. The van der Waals surface area contributed by atoms with E-state index in [4.69, 9.17) is 20.9 Å². The van der Waals surface area contributed by atoms with Crippen molar-refractivity contribution in [2.75, 3.05) is 12.4 Å². The molecule has 29 heavy (non-hydrogen) atoms. The maximum absolute atomic E-state index is 12.9. The number of methoxy groups -OCH3 is 1. The first-order chi connectivity index (χ1) is 14.2. The van der Waals surface area contributed by atoms with E-state index in [9.17, 15) is 4.79 Å². The summed E-state index contributed by atoms with van der Waals surface area (Å²) in [5.74, 6) is 0.907. The van der Waals surface area contributed by atoms with Crippen molar-refractivity contribution >= 4 is 23.2 Å². The first-order valence-electron chi connectivity index (χ1n) is 8.80. The Hall–Kier alpha value is -3.64. The normalized spacial score (nSPS) is 10.6. The average molecular weight is 406 g/mol. The summed E-state index contributed by atoms with van der Waals surface area (Å²) in [6.07, 6.45) is 0. The van der Waals surface area contributed by atoms with Crippen LogP contribution in [0, 0.1) is 0 Å². The van der Waals surface area contributed by atoms with Gasteiger partial charge in [-0.1, -0.05) is 53.2 Å². The van der Waals surface area contributed by atoms with Crippen molar-refractivity contribution in [1.29, 1.82) is 0 Å². The number of carbonyl (C=O) groups excluding carboxylic acids is 1. The van der Waals surface area contributed by atoms with Crippen LogP contribution in [0.1, 0.15) is 10.4 Å². The molecule has 0 bridgehead atoms. The molecule has 1 heterocycles. The molecule has 0 aliphatic carbocycles. The smallest absolute Gasteiger partial charge is 0.259 e. The van der Waals surface area contributed by atoms with Gasteiger partial charge in [0.2, 0.25) is 5.82 Å². The molecule has 1 amide bonds. The monoisotopic (exact) mass is 405 g/mol. The molecular weight excluding hydrogens is 390 g/mol. The lowest BCUT2D eigenvalue weighted by Crippen LogP contribution is -2.13. The molecule has 1 N–H and O–H groups in total. The molecule has 4 rings (SSSR count). The van der Waals surface area contributed by atoms with E-state index < -0.39 is 0 Å². The predicted octanol–water partition coefficient (Wildman–Crippen LogP) is 5.32. The number of aromatic nitrogens is 2. The molecule has 0 saturated heterocycles. The van der Waals surface area contributed by atoms with Gasteiger partial charge in [0, 0.05) is 0 Å². The van der Waals surface area contributed by atoms with Crippen molar-refractivity contribution in [2.24, 2.45) is 0 Å². The van der Waals surface area contributed by atoms with Gasteiger partial charge in [0.15, 0.2) is 0 Å². The van der Waals surface area contributed by atoms with Crippen LogP contribution < -0.4 is 10.1 Å². The van der Waals surface area contributed by atoms with Gasteiger partial charge in [0.25, 0.3) is 11.8 Å². The van der Waals surface area contributed by atoms with Crippen molar-refractivity contribution < 1.29 is 14.1 Å². The first-order valence-corrected chi connectivity index (χ1v) is 9.17. The Labute approximate surface area is 172 Å². The molecule has 6 nitrogen and oxygen atoms in total. The number of nitrogens with one attached hydrogen (secondary N) is 1. The second-order valence-electron chi connectivity index (χ2n) is 6.10. The van der Waals surface area contributed by atoms with Crippen molar-refractivity contribution in [3.8, 4) is 28.6 Å². The van der Waals surface area contributed by atoms with Crippen LogP contribution in [0.15, 0.2) is 77.3 Å². The Balaban J connectivity index is 1.68. The Kier molecular flexibility index (Phi) is 5.27. The third kappa shape index (κ3) is 3.83. The molecule has 7 heteroatoms. The van der Waals surface area contributed by atoms with Crippen LogP contribution in [0.4, 0.5) is 5.69 Å². The van der Waals surface area contributed by atoms with E-state index in [1.54, 1.807) is 55.6 Å². The summed E-state index contributed by atoms with van der Waals surface area (Å²) >= 11 is 6.14. The van der Waals surface area contributed by atoms with Gasteiger partial charge in [-0.25, -0.2) is 0 Å². The molecule has 0 radical (unpaired) electrons. The number of anilines is 1. The molecule has 0 unspecified atom stereocenters. The zero-order chi connectivity index (χ0) is 20.2. The van der Waals surface area contributed by atoms with Gasteiger partial charge < -0.3 is 14.6 Å². The Bertz CT molecular complexity index is 1170. The van der Waals surface area contributed by atoms with E-state index in [-0.39, 0.29) is 11.8 Å². The molecule has 4 aromatic rings. The molecule has 144 valence electrons. The minimum Gasteiger partial charge on any atom is -0.496 e. The molecule has 0 aliphatic heterocycles. The Morgan fingerprint density at radius 1 is 0.966 bits per heavy atom. The van der Waals surface area contributed by atoms with Gasteiger partial charge in [-0.3, -0.25) is 4.79 Å². The number of carbonyl (C=O) groups is 1. The highest BCUT2D eigenvalue weighted by Gasteiger charge is 2.19. The molecular formula is C22H16ClN3O3. The summed E-state index contributed by atoms with van der Waals surface area (Å²) in [7, 11) is 1.58. The van der Waals surface area contributed by atoms with Gasteiger partial charge in [-0.2, -0.15) is 4.98 Å². The number of amides is 1. The summed E-state index contributed by atoms with van der Waals surface area (Å²) < 4.78 is 10.8. The lowest BCUT2D eigenvalue weighted by molar-refractivity contribution is 0.102. The topological polar surface area (TPSA) is 77.2 Å². The average Bonchev–Trinajstić information content (AvgIpc) is 3.25. The van der Waals surface area contributed by atoms with Gasteiger partial charge >= 0.3 is 0 Å². The summed E-state index contributed by atoms with van der Waals surface area (Å²) in [6, 6.07) is 21.4. The third-order valence-electron chi connectivity index (χ3n) is 4.30. The second kappa shape index (κ2) is 8.16. The third-order valence-corrected chi connectivity index (χ3v) is 4.63. The molecule has 1 aromatic heterocycles. The van der Waals surface area contributed by atoms with Crippen LogP contribution >= 0.6 is 11.6 Å². The Morgan fingerprint density at radius 2 is 1.66 bits per heavy atom. The van der Waals surface area contributed by atoms with Crippen LogP contribution in [-0.4, -0.2) is 23.2 Å². The Morgan fingerprint density at radius 3 is 2.45 bits per heavy atom. The SMILES string of the molecule is COc1ccccc1-c1noc(-c2ccccc2C(=O)Nc2ccccc2Cl)n1. The van der Waals surface area contributed by atoms with Crippen molar-refractivity contribution in [3.63, 3.8) is 0 Å². The van der Waals surface area contributed by atoms with Crippen LogP contribution in [-0.2, 0) is 0 Å². The minimum atomic E-state index is -0.328. The number of halogens is 1. The van der Waals surface area contributed by atoms with Crippen LogP contribution in [0.25, 0.3) is 22.8 Å². The molecule has 0 aliphatic rings. The van der Waals surface area contributed by atoms with Crippen LogP contribution in [0.5, 0.6) is 5.75 Å². The summed E-state index contributed by atoms with van der Waals surface area (Å²) in [5.41, 5.74) is 2.13. The lowest BCUT2D eigenvalue weighted by atomic mass is 10.1. The van der Waals surface area contributed by atoms with E-state index in [0.29, 0.717) is 39.0 Å². The summed E-state index contributed by atoms with van der Waals surface area (Å²) in [5, 5.41) is 7.32. The van der Waals surface area contributed by atoms with Gasteiger partial charge in [0.1, 0.15) is 5.75 Å². The van der Waals surface area contributed by atoms with E-state index in [1.165, 1.54) is 0 Å². The number of ether oxygens (including phenoxy) is 1. The highest BCUT2D eigenvalue weighted by molar-refractivity contribution is 6.34. The number of nitrogens with zero attached hydrogens (tertiary/aromatic N) is 2. The molecule has 0 atom stereocenters. The maximum Gasteiger partial charge on any atom is 0.259 e. The maximum atomic E-state index is 12.9. The van der Waals surface area contributed by atoms with Crippen molar-refractivity contribution in [3.05, 3.63) is 83.4 Å². The summed E-state index contributed by atoms with van der Waals surface area (Å²) in [6.45, 7) is 0. The van der Waals surface area contributed by atoms with E-state index in [2.05, 4.69) is 15.5 Å². The standard InChI is InChI=1S/C22H16ClN3O3/c1-28-19-13-7-4-10-16(19)20-25-22(29-26-20)15-9-3-2-8-14(15)21(27)24-18-12-6-5-11-17(18)23/h2-13H,1H3,(H,24,27). The van der Waals surface area contributed by atoms with E-state index in [0.717, 1.165) is 0 Å². The van der Waals surface area contributed by atoms with Gasteiger partial charge in [0.05, 0.1) is 34.5 Å². The number of hydrogen-bond acceptors (Lipinski definition) is 5. The van der Waals surface area contributed by atoms with E-state index >= 15 is 0 Å². The highest BCUT2D eigenvalue weighted by atomic mass is 35.5. The summed E-state index contributed by atoms with van der Waals surface area (Å²) in [4.78, 5) is 17.3. The van der Waals surface area contributed by atoms with Crippen LogP contribution in [0.3, 0.4) is 0 Å². The first kappa shape index (κ1) is 18.7. The second-order valence-corrected chi connectivity index (χ2v) is 6.51. The van der Waals surface area contributed by atoms with E-state index in [1.807, 2.05) is 24.3 Å². The number of para-hydroxylation sites is 2. The molecule has 0 spiro atoms. The van der Waals surface area contributed by atoms with Crippen LogP contribution in [0.2, 0.25) is 5.02 Å². The fraction of sp³-hybridized carbons (Fsp3) is 0.0455. The van der Waals surface area contributed by atoms with Crippen molar-refractivity contribution in [2.45, 2.75) is 0 Å². The number of benzene rings is 3. The lowest BCUT2D eigenvalue weighted by Gasteiger charge is -2.09.